The van der Waals surface area contributed by atoms with E-state index in [1.807, 2.05) is 6.92 Å². The molecule has 0 saturated heterocycles. The van der Waals surface area contributed by atoms with E-state index in [1.54, 1.807) is 36.4 Å². The molecule has 0 bridgehead atoms. The number of carbonyl (C=O) groups excluding carboxylic acids is 2. The number of rotatable bonds is 5. The van der Waals surface area contributed by atoms with Crippen molar-refractivity contribution in [3.63, 3.8) is 0 Å². The number of carboxylic acids is 1. The lowest BCUT2D eigenvalue weighted by molar-refractivity contribution is -0.309. The Balaban J connectivity index is 1.78. The van der Waals surface area contributed by atoms with Crippen molar-refractivity contribution in [1.82, 2.24) is 0 Å². The maximum Gasteiger partial charge on any atom is 0.231 e. The van der Waals surface area contributed by atoms with E-state index in [-0.39, 0.29) is 6.79 Å². The lowest BCUT2D eigenvalue weighted by Gasteiger charge is -2.21. The van der Waals surface area contributed by atoms with Crippen LogP contribution in [-0.2, 0) is 4.79 Å². The van der Waals surface area contributed by atoms with E-state index in [0.717, 1.165) is 6.42 Å². The summed E-state index contributed by atoms with van der Waals surface area (Å²) in [4.78, 5) is 24.5. The number of carboxylic acid groups (broad SMARTS) is 1. The standard InChI is InChI=1S/C20H18O6/c1-2-7-24-12-4-5-13-14(9-12)19(21)18(20(22)23)17(13)11-3-6-15-16(8-11)26-10-25-15/h3-6,8-9,17-18H,2,7,10H2,1H3,(H,22,23)/p-1. The van der Waals surface area contributed by atoms with Crippen molar-refractivity contribution in [3.05, 3.63) is 53.1 Å². The zero-order chi connectivity index (χ0) is 18.3. The van der Waals surface area contributed by atoms with Crippen LogP contribution in [0.2, 0.25) is 0 Å². The Kier molecular flexibility index (Phi) is 4.03. The Morgan fingerprint density at radius 1 is 1.19 bits per heavy atom. The zero-order valence-electron chi connectivity index (χ0n) is 14.2. The summed E-state index contributed by atoms with van der Waals surface area (Å²) in [6, 6.07) is 10.4. The number of hydrogen-bond donors (Lipinski definition) is 0. The van der Waals surface area contributed by atoms with Crippen molar-refractivity contribution >= 4 is 11.8 Å². The van der Waals surface area contributed by atoms with Gasteiger partial charge in [0.25, 0.3) is 0 Å². The molecule has 0 radical (unpaired) electrons. The third kappa shape index (κ3) is 2.58. The van der Waals surface area contributed by atoms with Gasteiger partial charge in [0, 0.05) is 11.5 Å². The number of aliphatic carboxylic acids is 1. The van der Waals surface area contributed by atoms with Crippen molar-refractivity contribution in [1.29, 1.82) is 0 Å². The van der Waals surface area contributed by atoms with Crippen molar-refractivity contribution < 1.29 is 28.9 Å². The largest absolute Gasteiger partial charge is 0.549 e. The smallest absolute Gasteiger partial charge is 0.231 e. The summed E-state index contributed by atoms with van der Waals surface area (Å²) in [6.45, 7) is 2.64. The van der Waals surface area contributed by atoms with Crippen LogP contribution in [0.1, 0.15) is 40.7 Å². The first kappa shape index (κ1) is 16.4. The normalized spacial score (nSPS) is 20.1. The molecule has 26 heavy (non-hydrogen) atoms. The minimum atomic E-state index is -1.38. The van der Waals surface area contributed by atoms with Gasteiger partial charge >= 0.3 is 0 Å². The van der Waals surface area contributed by atoms with Gasteiger partial charge in [0.2, 0.25) is 6.79 Å². The molecular formula is C20H17O6-. The second kappa shape index (κ2) is 6.37. The van der Waals surface area contributed by atoms with Crippen LogP contribution in [0.3, 0.4) is 0 Å². The van der Waals surface area contributed by atoms with Crippen molar-refractivity contribution in [2.24, 2.45) is 5.92 Å². The summed E-state index contributed by atoms with van der Waals surface area (Å²) >= 11 is 0. The van der Waals surface area contributed by atoms with E-state index >= 15 is 0 Å². The number of hydrogen-bond acceptors (Lipinski definition) is 6. The Hall–Kier alpha value is -3.02. The van der Waals surface area contributed by atoms with Crippen LogP contribution in [0.4, 0.5) is 0 Å². The maximum absolute atomic E-state index is 12.7. The highest BCUT2D eigenvalue weighted by Crippen LogP contribution is 2.45. The first-order valence-electron chi connectivity index (χ1n) is 8.51. The SMILES string of the molecule is CCCOc1ccc2c(c1)C(=O)C(C(=O)[O-])C2c1ccc2c(c1)OCO2. The van der Waals surface area contributed by atoms with Crippen LogP contribution >= 0.6 is 0 Å². The number of benzene rings is 2. The predicted molar refractivity (Wildman–Crippen MR) is 89.5 cm³/mol. The number of ketones is 1. The lowest BCUT2D eigenvalue weighted by Crippen LogP contribution is -2.37. The number of carbonyl (C=O) groups is 2. The summed E-state index contributed by atoms with van der Waals surface area (Å²) in [5.74, 6) is -2.03. The molecule has 2 aromatic carbocycles. The fourth-order valence-corrected chi connectivity index (χ4v) is 3.55. The van der Waals surface area contributed by atoms with Crippen LogP contribution in [0.25, 0.3) is 0 Å². The van der Waals surface area contributed by atoms with E-state index in [4.69, 9.17) is 14.2 Å². The Labute approximate surface area is 150 Å². The van der Waals surface area contributed by atoms with E-state index in [2.05, 4.69) is 0 Å². The van der Waals surface area contributed by atoms with Gasteiger partial charge in [0.05, 0.1) is 18.5 Å². The molecule has 0 N–H and O–H groups in total. The molecule has 1 aliphatic carbocycles. The average molecular weight is 353 g/mol. The Bertz CT molecular complexity index is 888. The topological polar surface area (TPSA) is 84.9 Å². The molecule has 0 spiro atoms. The second-order valence-electron chi connectivity index (χ2n) is 6.35. The monoisotopic (exact) mass is 353 g/mol. The molecule has 2 aromatic rings. The summed E-state index contributed by atoms with van der Waals surface area (Å²) in [6.07, 6.45) is 0.840. The van der Waals surface area contributed by atoms with E-state index in [9.17, 15) is 14.7 Å². The van der Waals surface area contributed by atoms with Crippen molar-refractivity contribution in [3.8, 4) is 17.2 Å². The molecule has 1 aliphatic heterocycles. The summed E-state index contributed by atoms with van der Waals surface area (Å²) < 4.78 is 16.3. The fraction of sp³-hybridized carbons (Fsp3) is 0.300. The molecular weight excluding hydrogens is 336 g/mol. The van der Waals surface area contributed by atoms with E-state index in [1.165, 1.54) is 0 Å². The van der Waals surface area contributed by atoms with E-state index < -0.39 is 23.6 Å². The van der Waals surface area contributed by atoms with Crippen LogP contribution in [-0.4, -0.2) is 25.2 Å². The third-order valence-electron chi connectivity index (χ3n) is 4.72. The molecule has 0 saturated carbocycles. The quantitative estimate of drug-likeness (QED) is 0.763. The van der Waals surface area contributed by atoms with Crippen LogP contribution < -0.4 is 19.3 Å². The Morgan fingerprint density at radius 3 is 2.77 bits per heavy atom. The van der Waals surface area contributed by atoms with Gasteiger partial charge in [-0.1, -0.05) is 19.1 Å². The molecule has 1 heterocycles. The molecule has 4 rings (SSSR count). The number of Topliss-reactive ketones (excluding diaryl/α,β-unsaturated/α-hetero) is 1. The van der Waals surface area contributed by atoms with Crippen molar-refractivity contribution in [2.75, 3.05) is 13.4 Å². The summed E-state index contributed by atoms with van der Waals surface area (Å²) in [7, 11) is 0. The van der Waals surface area contributed by atoms with Gasteiger partial charge < -0.3 is 24.1 Å². The van der Waals surface area contributed by atoms with Crippen molar-refractivity contribution in [2.45, 2.75) is 19.3 Å². The number of ether oxygens (including phenoxy) is 3. The van der Waals surface area contributed by atoms with Gasteiger partial charge in [0.15, 0.2) is 17.3 Å². The summed E-state index contributed by atoms with van der Waals surface area (Å²) in [5, 5.41) is 11.7. The Morgan fingerprint density at radius 2 is 2.00 bits per heavy atom. The van der Waals surface area contributed by atoms with Gasteiger partial charge in [-0.2, -0.15) is 0 Å². The minimum Gasteiger partial charge on any atom is -0.549 e. The molecule has 2 aliphatic rings. The molecule has 0 aromatic heterocycles. The molecule has 2 unspecified atom stereocenters. The third-order valence-corrected chi connectivity index (χ3v) is 4.72. The summed E-state index contributed by atoms with van der Waals surface area (Å²) in [5.41, 5.74) is 1.71. The van der Waals surface area contributed by atoms with E-state index in [0.29, 0.717) is 40.5 Å². The lowest BCUT2D eigenvalue weighted by atomic mass is 9.85. The highest BCUT2D eigenvalue weighted by atomic mass is 16.7. The predicted octanol–water partition coefficient (Wildman–Crippen LogP) is 1.90. The first-order chi connectivity index (χ1) is 12.6. The first-order valence-corrected chi connectivity index (χ1v) is 8.51. The second-order valence-corrected chi connectivity index (χ2v) is 6.35. The van der Waals surface area contributed by atoms with Gasteiger partial charge in [-0.15, -0.1) is 0 Å². The molecule has 6 nitrogen and oxygen atoms in total. The molecule has 6 heteroatoms. The van der Waals surface area contributed by atoms with Gasteiger partial charge in [-0.25, -0.2) is 0 Å². The van der Waals surface area contributed by atoms with Crippen LogP contribution in [0, 0.1) is 5.92 Å². The maximum atomic E-state index is 12.7. The average Bonchev–Trinajstić information content (AvgIpc) is 3.21. The minimum absolute atomic E-state index is 0.126. The molecule has 2 atom stereocenters. The number of fused-ring (bicyclic) bond motifs is 2. The molecule has 0 amide bonds. The highest BCUT2D eigenvalue weighted by Gasteiger charge is 2.42. The molecule has 0 fully saturated rings. The zero-order valence-corrected chi connectivity index (χ0v) is 14.2. The van der Waals surface area contributed by atoms with Gasteiger partial charge in [-0.3, -0.25) is 4.79 Å². The van der Waals surface area contributed by atoms with Gasteiger partial charge in [0.1, 0.15) is 5.75 Å². The van der Waals surface area contributed by atoms with Crippen LogP contribution in [0.5, 0.6) is 17.2 Å². The highest BCUT2D eigenvalue weighted by molar-refractivity contribution is 6.13. The fourth-order valence-electron chi connectivity index (χ4n) is 3.55. The van der Waals surface area contributed by atoms with Crippen LogP contribution in [0.15, 0.2) is 36.4 Å². The van der Waals surface area contributed by atoms with Gasteiger partial charge in [-0.05, 0) is 41.8 Å². The molecule has 134 valence electrons.